The molecule has 1 heterocycles. The number of nitrogens with one attached hydrogen (secondary N) is 2. The number of benzene rings is 2. The van der Waals surface area contributed by atoms with E-state index in [-0.39, 0.29) is 5.91 Å². The second kappa shape index (κ2) is 7.84. The van der Waals surface area contributed by atoms with Gasteiger partial charge in [-0.2, -0.15) is 0 Å². The molecular formula is C19H19N3OS. The number of hydrogen-bond donors (Lipinski definition) is 2. The molecule has 122 valence electrons. The molecule has 0 unspecified atom stereocenters. The van der Waals surface area contributed by atoms with Gasteiger partial charge in [0.2, 0.25) is 5.91 Å². The summed E-state index contributed by atoms with van der Waals surface area (Å²) in [6.45, 7) is 2.11. The Kier molecular flexibility index (Phi) is 5.33. The molecule has 1 amide bonds. The van der Waals surface area contributed by atoms with Gasteiger partial charge in [-0.05, 0) is 29.7 Å². The minimum atomic E-state index is -0.0399. The minimum Gasteiger partial charge on any atom is -0.333 e. The highest BCUT2D eigenvalue weighted by atomic mass is 32.2. The third kappa shape index (κ3) is 4.26. The Labute approximate surface area is 145 Å². The van der Waals surface area contributed by atoms with E-state index in [1.54, 1.807) is 6.20 Å². The Morgan fingerprint density at radius 3 is 2.58 bits per heavy atom. The molecule has 24 heavy (non-hydrogen) atoms. The van der Waals surface area contributed by atoms with Crippen molar-refractivity contribution in [2.75, 3.05) is 11.1 Å². The molecule has 3 rings (SSSR count). The zero-order valence-corrected chi connectivity index (χ0v) is 14.3. The molecule has 5 heteroatoms. The van der Waals surface area contributed by atoms with Gasteiger partial charge in [0.25, 0.3) is 0 Å². The van der Waals surface area contributed by atoms with E-state index in [4.69, 9.17) is 0 Å². The van der Waals surface area contributed by atoms with E-state index < -0.39 is 0 Å². The highest BCUT2D eigenvalue weighted by molar-refractivity contribution is 7.99. The number of aryl methyl sites for hydroxylation is 1. The Morgan fingerprint density at radius 1 is 1.12 bits per heavy atom. The lowest BCUT2D eigenvalue weighted by Gasteiger charge is -2.05. The van der Waals surface area contributed by atoms with Gasteiger partial charge in [-0.1, -0.05) is 61.2 Å². The van der Waals surface area contributed by atoms with Crippen LogP contribution in [0.3, 0.4) is 0 Å². The molecule has 0 atom stereocenters. The summed E-state index contributed by atoms with van der Waals surface area (Å²) in [6.07, 6.45) is 2.78. The first-order valence-electron chi connectivity index (χ1n) is 7.86. The van der Waals surface area contributed by atoms with Crippen LogP contribution in [0.2, 0.25) is 0 Å². The second-order valence-corrected chi connectivity index (χ2v) is 6.32. The molecule has 0 saturated carbocycles. The topological polar surface area (TPSA) is 57.8 Å². The van der Waals surface area contributed by atoms with Crippen molar-refractivity contribution >= 4 is 23.4 Å². The third-order valence-electron chi connectivity index (χ3n) is 3.62. The number of imidazole rings is 1. The van der Waals surface area contributed by atoms with Crippen molar-refractivity contribution in [2.45, 2.75) is 18.5 Å². The van der Waals surface area contributed by atoms with E-state index in [0.29, 0.717) is 5.75 Å². The third-order valence-corrected chi connectivity index (χ3v) is 4.51. The van der Waals surface area contributed by atoms with Crippen LogP contribution in [-0.2, 0) is 11.2 Å². The van der Waals surface area contributed by atoms with Crippen molar-refractivity contribution < 1.29 is 4.79 Å². The van der Waals surface area contributed by atoms with E-state index in [1.807, 2.05) is 54.6 Å². The van der Waals surface area contributed by atoms with Crippen LogP contribution in [0, 0.1) is 0 Å². The van der Waals surface area contributed by atoms with Crippen LogP contribution in [-0.4, -0.2) is 21.6 Å². The predicted molar refractivity (Wildman–Crippen MR) is 99.2 cm³/mol. The lowest BCUT2D eigenvalue weighted by atomic mass is 10.1. The number of H-pyrrole nitrogens is 1. The highest BCUT2D eigenvalue weighted by Crippen LogP contribution is 2.21. The first-order chi connectivity index (χ1) is 11.7. The first-order valence-corrected chi connectivity index (χ1v) is 8.85. The summed E-state index contributed by atoms with van der Waals surface area (Å²) in [5, 5.41) is 3.64. The van der Waals surface area contributed by atoms with E-state index >= 15 is 0 Å². The van der Waals surface area contributed by atoms with Crippen LogP contribution in [0.1, 0.15) is 12.5 Å². The van der Waals surface area contributed by atoms with Crippen molar-refractivity contribution in [2.24, 2.45) is 0 Å². The summed E-state index contributed by atoms with van der Waals surface area (Å²) in [5.41, 5.74) is 4.11. The van der Waals surface area contributed by atoms with Gasteiger partial charge in [0, 0.05) is 5.69 Å². The van der Waals surface area contributed by atoms with Gasteiger partial charge in [-0.15, -0.1) is 0 Å². The number of aromatic amines is 1. The molecule has 2 N–H and O–H groups in total. The van der Waals surface area contributed by atoms with Gasteiger partial charge in [0.15, 0.2) is 5.16 Å². The average molecular weight is 337 g/mol. The quantitative estimate of drug-likeness (QED) is 0.657. The van der Waals surface area contributed by atoms with Gasteiger partial charge >= 0.3 is 0 Å². The van der Waals surface area contributed by atoms with Gasteiger partial charge in [0.05, 0.1) is 17.6 Å². The Balaban J connectivity index is 1.53. The second-order valence-electron chi connectivity index (χ2n) is 5.36. The fourth-order valence-corrected chi connectivity index (χ4v) is 2.94. The first kappa shape index (κ1) is 16.3. The number of nitrogens with zero attached hydrogens (tertiary/aromatic N) is 1. The number of thioether (sulfide) groups is 1. The summed E-state index contributed by atoms with van der Waals surface area (Å²) in [4.78, 5) is 19.6. The Bertz CT molecular complexity index is 797. The molecular weight excluding hydrogens is 318 g/mol. The molecule has 4 nitrogen and oxygen atoms in total. The van der Waals surface area contributed by atoms with Crippen LogP contribution in [0.4, 0.5) is 5.69 Å². The number of carbonyl (C=O) groups is 1. The van der Waals surface area contributed by atoms with Crippen LogP contribution >= 0.6 is 11.8 Å². The molecule has 2 aromatic carbocycles. The van der Waals surface area contributed by atoms with E-state index in [9.17, 15) is 4.79 Å². The predicted octanol–water partition coefficient (Wildman–Crippen LogP) is 4.37. The highest BCUT2D eigenvalue weighted by Gasteiger charge is 2.07. The molecule has 0 bridgehead atoms. The van der Waals surface area contributed by atoms with Crippen LogP contribution in [0.25, 0.3) is 11.3 Å². The number of anilines is 1. The van der Waals surface area contributed by atoms with Crippen LogP contribution < -0.4 is 5.32 Å². The molecule has 0 fully saturated rings. The molecule has 0 spiro atoms. The fraction of sp³-hybridized carbons (Fsp3) is 0.158. The van der Waals surface area contributed by atoms with E-state index in [0.717, 1.165) is 28.5 Å². The van der Waals surface area contributed by atoms with Gasteiger partial charge in [0.1, 0.15) is 0 Å². The maximum atomic E-state index is 12.0. The smallest absolute Gasteiger partial charge is 0.234 e. The molecule has 0 aliphatic heterocycles. The summed E-state index contributed by atoms with van der Waals surface area (Å²) >= 11 is 1.39. The summed E-state index contributed by atoms with van der Waals surface area (Å²) in [5.74, 6) is 0.277. The van der Waals surface area contributed by atoms with Crippen LogP contribution in [0.5, 0.6) is 0 Å². The molecule has 1 aromatic heterocycles. The van der Waals surface area contributed by atoms with Crippen molar-refractivity contribution in [1.82, 2.24) is 9.97 Å². The van der Waals surface area contributed by atoms with E-state index in [2.05, 4.69) is 22.2 Å². The maximum absolute atomic E-state index is 12.0. The van der Waals surface area contributed by atoms with Gasteiger partial charge < -0.3 is 10.3 Å². The van der Waals surface area contributed by atoms with Crippen molar-refractivity contribution in [1.29, 1.82) is 0 Å². The van der Waals surface area contributed by atoms with Crippen molar-refractivity contribution in [3.8, 4) is 11.3 Å². The normalized spacial score (nSPS) is 10.5. The number of amides is 1. The average Bonchev–Trinajstić information content (AvgIpc) is 3.10. The Hall–Kier alpha value is -2.53. The lowest BCUT2D eigenvalue weighted by Crippen LogP contribution is -2.14. The van der Waals surface area contributed by atoms with Gasteiger partial charge in [-0.25, -0.2) is 4.98 Å². The summed E-state index contributed by atoms with van der Waals surface area (Å²) < 4.78 is 0. The zero-order valence-electron chi connectivity index (χ0n) is 13.5. The number of rotatable bonds is 6. The zero-order chi connectivity index (χ0) is 16.8. The maximum Gasteiger partial charge on any atom is 0.234 e. The minimum absolute atomic E-state index is 0.0399. The molecule has 0 aliphatic carbocycles. The van der Waals surface area contributed by atoms with Crippen LogP contribution in [0.15, 0.2) is 66.0 Å². The van der Waals surface area contributed by atoms with Gasteiger partial charge in [-0.3, -0.25) is 4.79 Å². The molecule has 0 aliphatic rings. The molecule has 0 radical (unpaired) electrons. The standard InChI is InChI=1S/C19H19N3OS/c1-2-14-8-10-16(11-9-14)21-18(23)13-24-19-20-12-17(22-19)15-6-4-3-5-7-15/h3-12H,2,13H2,1H3,(H,20,22)(H,21,23). The molecule has 0 saturated heterocycles. The summed E-state index contributed by atoms with van der Waals surface area (Å²) in [7, 11) is 0. The van der Waals surface area contributed by atoms with E-state index in [1.165, 1.54) is 17.3 Å². The fourth-order valence-electron chi connectivity index (χ4n) is 2.30. The summed E-state index contributed by atoms with van der Waals surface area (Å²) in [6, 6.07) is 17.9. The Morgan fingerprint density at radius 2 is 1.88 bits per heavy atom. The van der Waals surface area contributed by atoms with Crippen molar-refractivity contribution in [3.05, 3.63) is 66.4 Å². The molecule has 3 aromatic rings. The number of aromatic nitrogens is 2. The number of carbonyl (C=O) groups excluding carboxylic acids is 1. The monoisotopic (exact) mass is 337 g/mol. The number of hydrogen-bond acceptors (Lipinski definition) is 3. The SMILES string of the molecule is CCc1ccc(NC(=O)CSc2ncc(-c3ccccc3)[nH]2)cc1. The van der Waals surface area contributed by atoms with Crippen molar-refractivity contribution in [3.63, 3.8) is 0 Å². The largest absolute Gasteiger partial charge is 0.333 e. The lowest BCUT2D eigenvalue weighted by molar-refractivity contribution is -0.113.